The van der Waals surface area contributed by atoms with E-state index in [0.29, 0.717) is 6.04 Å². The molecule has 2 heterocycles. The first-order chi connectivity index (χ1) is 11.2. The van der Waals surface area contributed by atoms with E-state index in [1.807, 2.05) is 30.2 Å². The summed E-state index contributed by atoms with van der Waals surface area (Å²) in [6, 6.07) is 9.07. The van der Waals surface area contributed by atoms with Gasteiger partial charge in [0.05, 0.1) is 6.20 Å². The van der Waals surface area contributed by atoms with E-state index in [2.05, 4.69) is 40.8 Å². The average Bonchev–Trinajstić information content (AvgIpc) is 3.02. The maximum absolute atomic E-state index is 6.59. The molecule has 0 unspecified atom stereocenters. The lowest BCUT2D eigenvalue weighted by Crippen LogP contribution is -2.45. The molecular formula is C19H26N4. The van der Waals surface area contributed by atoms with Crippen molar-refractivity contribution >= 4 is 0 Å². The molecule has 0 bridgehead atoms. The third kappa shape index (κ3) is 3.54. The minimum atomic E-state index is 0.0539. The maximum Gasteiger partial charge on any atom is 0.0568 e. The van der Waals surface area contributed by atoms with Crippen LogP contribution in [0.25, 0.3) is 11.1 Å². The first-order valence-corrected chi connectivity index (χ1v) is 8.38. The number of aryl methyl sites for hydroxylation is 1. The van der Waals surface area contributed by atoms with Gasteiger partial charge in [-0.05, 0) is 30.5 Å². The third-order valence-corrected chi connectivity index (χ3v) is 4.78. The second kappa shape index (κ2) is 7.11. The fourth-order valence-corrected chi connectivity index (χ4v) is 3.51. The molecule has 1 aromatic heterocycles. The van der Waals surface area contributed by atoms with Crippen LogP contribution in [-0.4, -0.2) is 33.8 Å². The van der Waals surface area contributed by atoms with Crippen molar-refractivity contribution in [2.75, 3.05) is 13.1 Å². The van der Waals surface area contributed by atoms with Gasteiger partial charge in [0.2, 0.25) is 0 Å². The highest BCUT2D eigenvalue weighted by Crippen LogP contribution is 2.28. The summed E-state index contributed by atoms with van der Waals surface area (Å²) in [6.45, 7) is 5.92. The number of piperidine rings is 1. The van der Waals surface area contributed by atoms with Gasteiger partial charge in [-0.25, -0.2) is 0 Å². The van der Waals surface area contributed by atoms with Crippen LogP contribution in [0.2, 0.25) is 0 Å². The van der Waals surface area contributed by atoms with E-state index in [0.717, 1.165) is 18.7 Å². The van der Waals surface area contributed by atoms with E-state index in [4.69, 9.17) is 5.73 Å². The van der Waals surface area contributed by atoms with E-state index in [1.54, 1.807) is 0 Å². The zero-order chi connectivity index (χ0) is 16.2. The lowest BCUT2D eigenvalue weighted by Gasteiger charge is -2.38. The number of nitrogens with two attached hydrogens (primary N) is 1. The zero-order valence-corrected chi connectivity index (χ0v) is 13.9. The van der Waals surface area contributed by atoms with E-state index in [1.165, 1.54) is 30.4 Å². The molecule has 0 radical (unpaired) electrons. The van der Waals surface area contributed by atoms with Gasteiger partial charge in [-0.15, -0.1) is 6.58 Å². The standard InChI is InChI=1S/C19H26N4/c1-3-11-23-12-5-4-6-18(23)19(20)16-9-7-15(8-10-16)17-13-21-22(2)14-17/h3,7-10,13-14,18-19H,1,4-6,11-12,20H2,2H3/t18-,19-/m0/s1. The summed E-state index contributed by atoms with van der Waals surface area (Å²) in [4.78, 5) is 2.47. The van der Waals surface area contributed by atoms with Crippen LogP contribution in [0.5, 0.6) is 0 Å². The monoisotopic (exact) mass is 310 g/mol. The lowest BCUT2D eigenvalue weighted by molar-refractivity contribution is 0.141. The first kappa shape index (κ1) is 16.0. The van der Waals surface area contributed by atoms with Crippen LogP contribution in [0.15, 0.2) is 49.3 Å². The molecule has 0 amide bonds. The Bertz CT molecular complexity index is 644. The van der Waals surface area contributed by atoms with E-state index < -0.39 is 0 Å². The third-order valence-electron chi connectivity index (χ3n) is 4.78. The first-order valence-electron chi connectivity index (χ1n) is 8.38. The molecule has 1 aliphatic rings. The van der Waals surface area contributed by atoms with Crippen molar-refractivity contribution in [3.63, 3.8) is 0 Å². The summed E-state index contributed by atoms with van der Waals surface area (Å²) in [5.74, 6) is 0. The number of aromatic nitrogens is 2. The van der Waals surface area contributed by atoms with Crippen molar-refractivity contribution in [2.24, 2.45) is 12.8 Å². The van der Waals surface area contributed by atoms with Gasteiger partial charge >= 0.3 is 0 Å². The number of benzene rings is 1. The Balaban J connectivity index is 1.76. The minimum absolute atomic E-state index is 0.0539. The molecule has 4 heteroatoms. The van der Waals surface area contributed by atoms with E-state index in [9.17, 15) is 0 Å². The van der Waals surface area contributed by atoms with Crippen LogP contribution < -0.4 is 5.73 Å². The van der Waals surface area contributed by atoms with Crippen LogP contribution in [0.3, 0.4) is 0 Å². The SMILES string of the molecule is C=CCN1CCCC[C@H]1[C@@H](N)c1ccc(-c2cnn(C)c2)cc1. The zero-order valence-electron chi connectivity index (χ0n) is 13.9. The summed E-state index contributed by atoms with van der Waals surface area (Å²) >= 11 is 0. The molecule has 1 aromatic carbocycles. The van der Waals surface area contributed by atoms with Gasteiger partial charge in [0.15, 0.2) is 0 Å². The minimum Gasteiger partial charge on any atom is -0.323 e. The molecule has 23 heavy (non-hydrogen) atoms. The summed E-state index contributed by atoms with van der Waals surface area (Å²) in [6.07, 6.45) is 9.59. The normalized spacial score (nSPS) is 20.3. The molecule has 3 rings (SSSR count). The van der Waals surface area contributed by atoms with Crippen molar-refractivity contribution in [2.45, 2.75) is 31.3 Å². The van der Waals surface area contributed by atoms with Gasteiger partial charge in [0.25, 0.3) is 0 Å². The van der Waals surface area contributed by atoms with Crippen molar-refractivity contribution in [1.82, 2.24) is 14.7 Å². The summed E-state index contributed by atoms with van der Waals surface area (Å²) in [5, 5.41) is 4.23. The highest BCUT2D eigenvalue weighted by Gasteiger charge is 2.27. The average molecular weight is 310 g/mol. The van der Waals surface area contributed by atoms with Gasteiger partial charge in [-0.1, -0.05) is 36.8 Å². The fourth-order valence-electron chi connectivity index (χ4n) is 3.51. The predicted octanol–water partition coefficient (Wildman–Crippen LogP) is 3.13. The molecule has 2 N–H and O–H groups in total. The van der Waals surface area contributed by atoms with Gasteiger partial charge in [-0.3, -0.25) is 9.58 Å². The Hall–Kier alpha value is -1.91. The Kier molecular flexibility index (Phi) is 4.94. The summed E-state index contributed by atoms with van der Waals surface area (Å²) in [5.41, 5.74) is 10.1. The molecule has 1 aliphatic heterocycles. The van der Waals surface area contributed by atoms with Gasteiger partial charge in [0, 0.05) is 37.4 Å². The van der Waals surface area contributed by atoms with Crippen molar-refractivity contribution in [1.29, 1.82) is 0 Å². The predicted molar refractivity (Wildman–Crippen MR) is 95.0 cm³/mol. The number of hydrogen-bond donors (Lipinski definition) is 1. The van der Waals surface area contributed by atoms with Crippen molar-refractivity contribution < 1.29 is 0 Å². The number of hydrogen-bond acceptors (Lipinski definition) is 3. The Morgan fingerprint density at radius 1 is 1.30 bits per heavy atom. The van der Waals surface area contributed by atoms with E-state index in [-0.39, 0.29) is 6.04 Å². The highest BCUT2D eigenvalue weighted by molar-refractivity contribution is 5.62. The van der Waals surface area contributed by atoms with Crippen molar-refractivity contribution in [3.8, 4) is 11.1 Å². The lowest BCUT2D eigenvalue weighted by atomic mass is 9.90. The number of likely N-dealkylation sites (tertiary alicyclic amines) is 1. The number of rotatable bonds is 5. The highest BCUT2D eigenvalue weighted by atomic mass is 15.2. The van der Waals surface area contributed by atoms with Gasteiger partial charge < -0.3 is 5.73 Å². The molecule has 1 fully saturated rings. The topological polar surface area (TPSA) is 47.1 Å². The quantitative estimate of drug-likeness (QED) is 0.863. The smallest absolute Gasteiger partial charge is 0.0568 e. The van der Waals surface area contributed by atoms with Crippen molar-refractivity contribution in [3.05, 3.63) is 54.9 Å². The van der Waals surface area contributed by atoms with Crippen LogP contribution in [0, 0.1) is 0 Å². The fraction of sp³-hybridized carbons (Fsp3) is 0.421. The molecule has 4 nitrogen and oxygen atoms in total. The second-order valence-electron chi connectivity index (χ2n) is 6.40. The van der Waals surface area contributed by atoms with Crippen LogP contribution in [0.1, 0.15) is 30.9 Å². The molecule has 2 aromatic rings. The Labute approximate surface area is 138 Å². The van der Waals surface area contributed by atoms with Crippen LogP contribution in [-0.2, 0) is 7.05 Å². The number of nitrogens with zero attached hydrogens (tertiary/aromatic N) is 3. The van der Waals surface area contributed by atoms with Gasteiger partial charge in [-0.2, -0.15) is 5.10 Å². The Morgan fingerprint density at radius 2 is 2.09 bits per heavy atom. The van der Waals surface area contributed by atoms with E-state index >= 15 is 0 Å². The molecule has 0 saturated carbocycles. The summed E-state index contributed by atoms with van der Waals surface area (Å²) < 4.78 is 1.82. The maximum atomic E-state index is 6.59. The summed E-state index contributed by atoms with van der Waals surface area (Å²) in [7, 11) is 1.94. The molecular weight excluding hydrogens is 284 g/mol. The van der Waals surface area contributed by atoms with Gasteiger partial charge in [0.1, 0.15) is 0 Å². The van der Waals surface area contributed by atoms with Crippen LogP contribution >= 0.6 is 0 Å². The molecule has 2 atom stereocenters. The molecule has 122 valence electrons. The molecule has 1 saturated heterocycles. The second-order valence-corrected chi connectivity index (χ2v) is 6.40. The van der Waals surface area contributed by atoms with Crippen LogP contribution in [0.4, 0.5) is 0 Å². The molecule has 0 spiro atoms. The largest absolute Gasteiger partial charge is 0.323 e. The Morgan fingerprint density at radius 3 is 2.74 bits per heavy atom. The molecule has 0 aliphatic carbocycles.